The average molecular weight is 287 g/mol. The summed E-state index contributed by atoms with van der Waals surface area (Å²) in [5.41, 5.74) is -0.207. The maximum absolute atomic E-state index is 11.5. The molecule has 16 heavy (non-hydrogen) atoms. The Morgan fingerprint density at radius 3 is 2.19 bits per heavy atom. The van der Waals surface area contributed by atoms with Crippen molar-refractivity contribution < 1.29 is 8.42 Å². The number of rotatable bonds is 5. The molecule has 0 radical (unpaired) electrons. The van der Waals surface area contributed by atoms with Crippen molar-refractivity contribution in [1.82, 2.24) is 0 Å². The van der Waals surface area contributed by atoms with Gasteiger partial charge in [-0.2, -0.15) is 0 Å². The van der Waals surface area contributed by atoms with Crippen LogP contribution in [-0.2, 0) is 9.84 Å². The van der Waals surface area contributed by atoms with Crippen LogP contribution >= 0.6 is 23.2 Å². The summed E-state index contributed by atoms with van der Waals surface area (Å²) < 4.78 is 23.0. The summed E-state index contributed by atoms with van der Waals surface area (Å²) >= 11 is 12.1. The lowest BCUT2D eigenvalue weighted by Crippen LogP contribution is -2.36. The first kappa shape index (κ1) is 14.6. The molecular formula is C11H20Cl2O2S. The van der Waals surface area contributed by atoms with Gasteiger partial charge in [-0.1, -0.05) is 13.8 Å². The molecule has 0 aromatic rings. The van der Waals surface area contributed by atoms with Crippen molar-refractivity contribution in [2.75, 3.05) is 23.3 Å². The van der Waals surface area contributed by atoms with Crippen molar-refractivity contribution in [3.8, 4) is 0 Å². The zero-order valence-corrected chi connectivity index (χ0v) is 12.2. The second-order valence-electron chi connectivity index (χ2n) is 5.33. The molecule has 0 bridgehead atoms. The standard InChI is InChI=1S/C11H20Cl2O2S/c1-9(2)5-11(7-12,8-13)10-3-4-16(14,15)6-10/h9-10H,3-8H2,1-2H3. The predicted octanol–water partition coefficient (Wildman–Crippen LogP) is 2.93. The fraction of sp³-hybridized carbons (Fsp3) is 1.00. The van der Waals surface area contributed by atoms with E-state index in [0.717, 1.165) is 6.42 Å². The van der Waals surface area contributed by atoms with Gasteiger partial charge in [-0.05, 0) is 24.7 Å². The van der Waals surface area contributed by atoms with E-state index >= 15 is 0 Å². The molecule has 1 heterocycles. The average Bonchev–Trinajstić information content (AvgIpc) is 2.55. The molecule has 1 saturated heterocycles. The summed E-state index contributed by atoms with van der Waals surface area (Å²) in [7, 11) is -2.85. The van der Waals surface area contributed by atoms with Crippen LogP contribution in [0.4, 0.5) is 0 Å². The Morgan fingerprint density at radius 1 is 1.31 bits per heavy atom. The molecule has 1 fully saturated rings. The van der Waals surface area contributed by atoms with Gasteiger partial charge in [0.2, 0.25) is 0 Å². The van der Waals surface area contributed by atoms with E-state index in [1.165, 1.54) is 0 Å². The zero-order valence-electron chi connectivity index (χ0n) is 9.88. The Kier molecular flexibility index (Phi) is 4.97. The highest BCUT2D eigenvalue weighted by Gasteiger charge is 2.43. The third kappa shape index (κ3) is 3.27. The molecule has 0 amide bonds. The third-order valence-corrected chi connectivity index (χ3v) is 6.28. The maximum atomic E-state index is 11.5. The molecule has 1 aliphatic heterocycles. The van der Waals surface area contributed by atoms with E-state index in [1.807, 2.05) is 0 Å². The number of sulfone groups is 1. The Bertz CT molecular complexity index is 321. The van der Waals surface area contributed by atoms with E-state index in [1.54, 1.807) is 0 Å². The molecule has 96 valence electrons. The quantitative estimate of drug-likeness (QED) is 0.729. The van der Waals surface area contributed by atoms with Crippen LogP contribution < -0.4 is 0 Å². The molecular weight excluding hydrogens is 267 g/mol. The van der Waals surface area contributed by atoms with Crippen molar-refractivity contribution in [1.29, 1.82) is 0 Å². The van der Waals surface area contributed by atoms with E-state index in [4.69, 9.17) is 23.2 Å². The first-order chi connectivity index (χ1) is 7.35. The highest BCUT2D eigenvalue weighted by Crippen LogP contribution is 2.42. The van der Waals surface area contributed by atoms with Crippen molar-refractivity contribution in [2.24, 2.45) is 17.3 Å². The van der Waals surface area contributed by atoms with Gasteiger partial charge in [0.15, 0.2) is 9.84 Å². The summed E-state index contributed by atoms with van der Waals surface area (Å²) in [4.78, 5) is 0. The smallest absolute Gasteiger partial charge is 0.150 e. The van der Waals surface area contributed by atoms with E-state index in [2.05, 4.69) is 13.8 Å². The van der Waals surface area contributed by atoms with Crippen LogP contribution in [0.15, 0.2) is 0 Å². The zero-order chi connectivity index (χ0) is 12.4. The van der Waals surface area contributed by atoms with Crippen LogP contribution in [0.1, 0.15) is 26.7 Å². The monoisotopic (exact) mass is 286 g/mol. The van der Waals surface area contributed by atoms with Crippen LogP contribution in [0.25, 0.3) is 0 Å². The van der Waals surface area contributed by atoms with Gasteiger partial charge in [0, 0.05) is 17.2 Å². The molecule has 0 aliphatic carbocycles. The van der Waals surface area contributed by atoms with Crippen molar-refractivity contribution in [2.45, 2.75) is 26.7 Å². The van der Waals surface area contributed by atoms with Gasteiger partial charge >= 0.3 is 0 Å². The SMILES string of the molecule is CC(C)CC(CCl)(CCl)C1CCS(=O)(=O)C1. The van der Waals surface area contributed by atoms with E-state index in [0.29, 0.717) is 29.9 Å². The Morgan fingerprint density at radius 2 is 1.88 bits per heavy atom. The molecule has 5 heteroatoms. The molecule has 1 unspecified atom stereocenters. The predicted molar refractivity (Wildman–Crippen MR) is 70.1 cm³/mol. The minimum atomic E-state index is -2.85. The van der Waals surface area contributed by atoms with Gasteiger partial charge in [0.05, 0.1) is 11.5 Å². The van der Waals surface area contributed by atoms with Crippen LogP contribution in [0.5, 0.6) is 0 Å². The summed E-state index contributed by atoms with van der Waals surface area (Å²) in [6.07, 6.45) is 1.62. The van der Waals surface area contributed by atoms with Crippen molar-refractivity contribution in [3.63, 3.8) is 0 Å². The second-order valence-corrected chi connectivity index (χ2v) is 8.09. The molecule has 1 rings (SSSR count). The van der Waals surface area contributed by atoms with Gasteiger partial charge in [0.25, 0.3) is 0 Å². The minimum Gasteiger partial charge on any atom is -0.229 e. The van der Waals surface area contributed by atoms with Gasteiger partial charge in [-0.3, -0.25) is 0 Å². The van der Waals surface area contributed by atoms with Gasteiger partial charge in [0.1, 0.15) is 0 Å². The number of halogens is 2. The molecule has 0 aromatic heterocycles. The van der Waals surface area contributed by atoms with Crippen molar-refractivity contribution in [3.05, 3.63) is 0 Å². The Labute approximate surface area is 109 Å². The lowest BCUT2D eigenvalue weighted by Gasteiger charge is -2.36. The largest absolute Gasteiger partial charge is 0.229 e. The molecule has 1 aliphatic rings. The molecule has 2 nitrogen and oxygen atoms in total. The summed E-state index contributed by atoms with van der Waals surface area (Å²) in [6, 6.07) is 0. The number of alkyl halides is 2. The molecule has 0 spiro atoms. The topological polar surface area (TPSA) is 34.1 Å². The van der Waals surface area contributed by atoms with Crippen molar-refractivity contribution >= 4 is 33.0 Å². The molecule has 0 N–H and O–H groups in total. The maximum Gasteiger partial charge on any atom is 0.150 e. The highest BCUT2D eigenvalue weighted by atomic mass is 35.5. The number of hydrogen-bond donors (Lipinski definition) is 0. The van der Waals surface area contributed by atoms with Crippen LogP contribution in [0, 0.1) is 17.3 Å². The van der Waals surface area contributed by atoms with E-state index in [-0.39, 0.29) is 17.1 Å². The Hall–Kier alpha value is 0.530. The number of hydrogen-bond acceptors (Lipinski definition) is 2. The third-order valence-electron chi connectivity index (χ3n) is 3.45. The fourth-order valence-electron chi connectivity index (χ4n) is 2.62. The lowest BCUT2D eigenvalue weighted by molar-refractivity contribution is 0.198. The normalized spacial score (nSPS) is 25.2. The van der Waals surface area contributed by atoms with Crippen LogP contribution in [-0.4, -0.2) is 31.7 Å². The molecule has 1 atom stereocenters. The molecule has 0 saturated carbocycles. The van der Waals surface area contributed by atoms with Crippen LogP contribution in [0.3, 0.4) is 0 Å². The minimum absolute atomic E-state index is 0.134. The summed E-state index contributed by atoms with van der Waals surface area (Å²) in [5, 5.41) is 0. The highest BCUT2D eigenvalue weighted by molar-refractivity contribution is 7.91. The van der Waals surface area contributed by atoms with Gasteiger partial charge in [-0.15, -0.1) is 23.2 Å². The fourth-order valence-corrected chi connectivity index (χ4v) is 5.50. The van der Waals surface area contributed by atoms with E-state index < -0.39 is 9.84 Å². The van der Waals surface area contributed by atoms with Gasteiger partial charge < -0.3 is 0 Å². The molecule has 0 aromatic carbocycles. The second kappa shape index (κ2) is 5.45. The Balaban J connectivity index is 2.85. The first-order valence-corrected chi connectivity index (χ1v) is 8.56. The van der Waals surface area contributed by atoms with Gasteiger partial charge in [-0.25, -0.2) is 8.42 Å². The summed E-state index contributed by atoms with van der Waals surface area (Å²) in [5.74, 6) is 2.09. The van der Waals surface area contributed by atoms with E-state index in [9.17, 15) is 8.42 Å². The lowest BCUT2D eigenvalue weighted by atomic mass is 9.73. The first-order valence-electron chi connectivity index (χ1n) is 5.67. The van der Waals surface area contributed by atoms with Crippen LogP contribution in [0.2, 0.25) is 0 Å². The summed E-state index contributed by atoms with van der Waals surface area (Å²) in [6.45, 7) is 4.24.